The van der Waals surface area contributed by atoms with Crippen LogP contribution in [0, 0.1) is 0 Å². The van der Waals surface area contributed by atoms with E-state index in [0.717, 1.165) is 0 Å². The third-order valence-electron chi connectivity index (χ3n) is 2.92. The maximum atomic E-state index is 6.83. The molecular formula is C9H21Cl3Si2. The summed E-state index contributed by atoms with van der Waals surface area (Å²) in [4.78, 5) is 0. The molecule has 0 spiro atoms. The molecule has 0 fully saturated rings. The van der Waals surface area contributed by atoms with Gasteiger partial charge < -0.3 is 0 Å². The topological polar surface area (TPSA) is 0 Å². The van der Waals surface area contributed by atoms with Gasteiger partial charge in [-0.15, -0.1) is 22.2 Å². The molecule has 0 amide bonds. The molecular weight excluding hydrogens is 271 g/mol. The zero-order chi connectivity index (χ0) is 11.7. The predicted molar refractivity (Wildman–Crippen MR) is 74.4 cm³/mol. The highest BCUT2D eigenvalue weighted by Crippen LogP contribution is 2.51. The van der Waals surface area contributed by atoms with Crippen LogP contribution < -0.4 is 0 Å². The zero-order valence-electron chi connectivity index (χ0n) is 9.87. The van der Waals surface area contributed by atoms with Crippen molar-refractivity contribution in [3.05, 3.63) is 0 Å². The Bertz CT molecular complexity index is 182. The second kappa shape index (κ2) is 5.09. The lowest BCUT2D eigenvalue weighted by Gasteiger charge is -2.42. The van der Waals surface area contributed by atoms with Gasteiger partial charge in [-0.1, -0.05) is 41.5 Å². The molecule has 0 aromatic carbocycles. The highest BCUT2D eigenvalue weighted by atomic mass is 35.7. The summed E-state index contributed by atoms with van der Waals surface area (Å²) in [5, 5.41) is 0. The Labute approximate surface area is 104 Å². The smallest absolute Gasteiger partial charge is 0.167 e. The molecule has 0 saturated carbocycles. The summed E-state index contributed by atoms with van der Waals surface area (Å²) in [5.41, 5.74) is 1.21. The van der Waals surface area contributed by atoms with Crippen LogP contribution in [0.5, 0.6) is 0 Å². The van der Waals surface area contributed by atoms with E-state index in [4.69, 9.17) is 33.2 Å². The van der Waals surface area contributed by atoms with Crippen LogP contribution >= 0.6 is 33.2 Å². The van der Waals surface area contributed by atoms with Gasteiger partial charge in [-0.25, -0.2) is 0 Å². The third-order valence-corrected chi connectivity index (χ3v) is 32.3. The highest BCUT2D eigenvalue weighted by Gasteiger charge is 2.59. The Morgan fingerprint density at radius 3 is 1.00 bits per heavy atom. The van der Waals surface area contributed by atoms with Crippen molar-refractivity contribution in [1.29, 1.82) is 0 Å². The van der Waals surface area contributed by atoms with Crippen molar-refractivity contribution in [3.63, 3.8) is 0 Å². The molecule has 0 aliphatic rings. The molecule has 0 aromatic rings. The third kappa shape index (κ3) is 2.51. The normalized spacial score (nSPS) is 14.6. The molecule has 0 atom stereocenters. The molecule has 86 valence electrons. The van der Waals surface area contributed by atoms with E-state index < -0.39 is 13.1 Å². The van der Waals surface area contributed by atoms with E-state index in [1.165, 1.54) is 0 Å². The fourth-order valence-electron chi connectivity index (χ4n) is 1.88. The summed E-state index contributed by atoms with van der Waals surface area (Å²) < 4.78 is 0. The minimum absolute atomic E-state index is 0.333. The summed E-state index contributed by atoms with van der Waals surface area (Å²) in [6, 6.07) is 0. The van der Waals surface area contributed by atoms with Crippen LogP contribution in [0.1, 0.15) is 41.5 Å². The largest absolute Gasteiger partial charge is 0.259 e. The van der Waals surface area contributed by atoms with Crippen molar-refractivity contribution in [2.75, 3.05) is 0 Å². The Kier molecular flexibility index (Phi) is 5.56. The van der Waals surface area contributed by atoms with E-state index in [-0.39, 0.29) is 0 Å². The molecule has 0 aliphatic heterocycles. The van der Waals surface area contributed by atoms with Gasteiger partial charge in [0.15, 0.2) is 6.90 Å². The Morgan fingerprint density at radius 1 is 0.643 bits per heavy atom. The SMILES string of the molecule is CC(C)[Si](Cl)(Cl)[Si](Cl)(C(C)C)C(C)C. The van der Waals surface area contributed by atoms with Crippen molar-refractivity contribution in [3.8, 4) is 0 Å². The van der Waals surface area contributed by atoms with Crippen LogP contribution in [0.3, 0.4) is 0 Å². The van der Waals surface area contributed by atoms with E-state index in [0.29, 0.717) is 16.6 Å². The van der Waals surface area contributed by atoms with Crippen molar-refractivity contribution in [2.45, 2.75) is 58.2 Å². The molecule has 0 aromatic heterocycles. The van der Waals surface area contributed by atoms with Gasteiger partial charge in [0.05, 0.1) is 0 Å². The van der Waals surface area contributed by atoms with Gasteiger partial charge >= 0.3 is 0 Å². The van der Waals surface area contributed by atoms with Gasteiger partial charge in [0.2, 0.25) is 0 Å². The molecule has 14 heavy (non-hydrogen) atoms. The maximum absolute atomic E-state index is 6.83. The lowest BCUT2D eigenvalue weighted by atomic mass is 10.5. The molecule has 0 nitrogen and oxygen atoms in total. The molecule has 0 saturated heterocycles. The van der Waals surface area contributed by atoms with E-state index in [2.05, 4.69) is 41.5 Å². The fraction of sp³-hybridized carbons (Fsp3) is 1.00. The first-order chi connectivity index (χ1) is 6.08. The van der Waals surface area contributed by atoms with Crippen molar-refractivity contribution in [2.24, 2.45) is 0 Å². The molecule has 0 bridgehead atoms. The van der Waals surface area contributed by atoms with Gasteiger partial charge in [0.1, 0.15) is 0 Å². The first-order valence-corrected chi connectivity index (χ1v) is 13.4. The van der Waals surface area contributed by atoms with Crippen LogP contribution in [0.25, 0.3) is 0 Å². The lowest BCUT2D eigenvalue weighted by Crippen LogP contribution is -2.57. The Balaban J connectivity index is 5.21. The summed E-state index contributed by atoms with van der Waals surface area (Å²) in [6.45, 7) is 10.8. The first kappa shape index (κ1) is 15.3. The van der Waals surface area contributed by atoms with Crippen LogP contribution in [-0.4, -0.2) is 13.1 Å². The minimum atomic E-state index is -2.31. The standard InChI is InChI=1S/C9H21Cl3Si2/c1-7(2)13(10,8(3)4)14(11,12)9(5)6/h7-9H,1-6H3. The molecule has 5 heteroatoms. The summed E-state index contributed by atoms with van der Waals surface area (Å²) >= 11 is 20.0. The van der Waals surface area contributed by atoms with Crippen LogP contribution in [0.4, 0.5) is 0 Å². The quantitative estimate of drug-likeness (QED) is 0.480. The number of rotatable bonds is 4. The lowest BCUT2D eigenvalue weighted by molar-refractivity contribution is 0.938. The summed E-state index contributed by atoms with van der Waals surface area (Å²) in [7, 11) is 0. The van der Waals surface area contributed by atoms with E-state index in [1.807, 2.05) is 0 Å². The monoisotopic (exact) mass is 290 g/mol. The number of hydrogen-bond acceptors (Lipinski definition) is 0. The van der Waals surface area contributed by atoms with Crippen molar-refractivity contribution < 1.29 is 0 Å². The summed E-state index contributed by atoms with van der Waals surface area (Å²) in [6.07, 6.45) is -2.31. The van der Waals surface area contributed by atoms with Gasteiger partial charge in [-0.2, -0.15) is 11.1 Å². The van der Waals surface area contributed by atoms with Gasteiger partial charge in [-0.05, 0) is 16.6 Å². The molecule has 0 N–H and O–H groups in total. The van der Waals surface area contributed by atoms with Gasteiger partial charge in [0.25, 0.3) is 6.21 Å². The Hall–Kier alpha value is 1.30. The van der Waals surface area contributed by atoms with Crippen molar-refractivity contribution >= 4 is 46.3 Å². The van der Waals surface area contributed by atoms with Crippen LogP contribution in [0.2, 0.25) is 16.6 Å². The zero-order valence-corrected chi connectivity index (χ0v) is 14.1. The van der Waals surface area contributed by atoms with Crippen molar-refractivity contribution in [1.82, 2.24) is 0 Å². The first-order valence-electron chi connectivity index (χ1n) is 5.15. The molecule has 0 aliphatic carbocycles. The highest BCUT2D eigenvalue weighted by molar-refractivity contribution is 7.84. The average molecular weight is 292 g/mol. The van der Waals surface area contributed by atoms with Gasteiger partial charge in [0, 0.05) is 0 Å². The Morgan fingerprint density at radius 2 is 0.929 bits per heavy atom. The fourth-order valence-corrected chi connectivity index (χ4v) is 22.7. The van der Waals surface area contributed by atoms with Crippen LogP contribution in [-0.2, 0) is 0 Å². The molecule has 0 radical (unpaired) electrons. The van der Waals surface area contributed by atoms with E-state index in [1.54, 1.807) is 0 Å². The number of hydrogen-bond donors (Lipinski definition) is 0. The molecule has 0 rings (SSSR count). The predicted octanol–water partition coefficient (Wildman–Crippen LogP) is 5.40. The number of halogens is 3. The molecule has 0 unspecified atom stereocenters. The second-order valence-electron chi connectivity index (χ2n) is 4.86. The van der Waals surface area contributed by atoms with Gasteiger partial charge in [-0.3, -0.25) is 0 Å². The molecule has 0 heterocycles. The van der Waals surface area contributed by atoms with E-state index in [9.17, 15) is 0 Å². The summed E-state index contributed by atoms with van der Waals surface area (Å²) in [5.74, 6) is 0. The maximum Gasteiger partial charge on any atom is 0.259 e. The average Bonchev–Trinajstić information content (AvgIpc) is 2.01. The minimum Gasteiger partial charge on any atom is -0.167 e. The van der Waals surface area contributed by atoms with Crippen LogP contribution in [0.15, 0.2) is 0 Å². The van der Waals surface area contributed by atoms with E-state index >= 15 is 0 Å². The second-order valence-corrected chi connectivity index (χ2v) is 24.8.